The van der Waals surface area contributed by atoms with Gasteiger partial charge in [0.05, 0.1) is 25.9 Å². The highest BCUT2D eigenvalue weighted by atomic mass is 16.7. The van der Waals surface area contributed by atoms with E-state index in [9.17, 15) is 5.11 Å². The number of hydrogen-bond donors (Lipinski definition) is 3. The lowest BCUT2D eigenvalue weighted by Crippen LogP contribution is -2.49. The molecule has 5 N–H and O–H groups in total. The zero-order chi connectivity index (χ0) is 24.5. The summed E-state index contributed by atoms with van der Waals surface area (Å²) in [6.45, 7) is 2.85. The fraction of sp³-hybridized carbons (Fsp3) is 0.308. The van der Waals surface area contributed by atoms with E-state index in [1.54, 1.807) is 12.1 Å². The molecule has 0 amide bonds. The molecule has 0 aliphatic carbocycles. The van der Waals surface area contributed by atoms with Crippen LogP contribution in [0.2, 0.25) is 0 Å². The van der Waals surface area contributed by atoms with Crippen molar-refractivity contribution < 1.29 is 19.3 Å². The van der Waals surface area contributed by atoms with Crippen LogP contribution in [0.1, 0.15) is 30.2 Å². The van der Waals surface area contributed by atoms with Gasteiger partial charge in [0.15, 0.2) is 5.82 Å². The van der Waals surface area contributed by atoms with E-state index in [1.807, 2.05) is 67.6 Å². The van der Waals surface area contributed by atoms with Crippen LogP contribution in [0.15, 0.2) is 72.8 Å². The van der Waals surface area contributed by atoms with Gasteiger partial charge in [-0.1, -0.05) is 60.7 Å². The standard InChI is InChI=1S/C26H29N5O4/c1-25(34-16-19-10-6-3-7-11-19)14-20(17-33-15-18-8-4-2-5-9-18)35-26(25,32)22-13-12-21-23(27)29-24(28)30-31(21)22/h2-13,20,32H,14-17H2,1H3,(H4,27,28,29,30)/t20-,25+,26-/m0/s1. The van der Waals surface area contributed by atoms with E-state index in [2.05, 4.69) is 10.1 Å². The Kier molecular flexibility index (Phi) is 6.16. The van der Waals surface area contributed by atoms with Crippen molar-refractivity contribution in [2.24, 2.45) is 0 Å². The first-order valence-corrected chi connectivity index (χ1v) is 11.5. The second kappa shape index (κ2) is 9.27. The van der Waals surface area contributed by atoms with Crippen LogP contribution in [0.4, 0.5) is 11.8 Å². The fourth-order valence-corrected chi connectivity index (χ4v) is 4.55. The molecule has 1 aliphatic heterocycles. The maximum atomic E-state index is 12.0. The number of rotatable bonds is 8. The Morgan fingerprint density at radius 3 is 2.34 bits per heavy atom. The van der Waals surface area contributed by atoms with Crippen LogP contribution in [-0.4, -0.2) is 38.0 Å². The molecule has 0 radical (unpaired) electrons. The van der Waals surface area contributed by atoms with Gasteiger partial charge in [0.1, 0.15) is 16.8 Å². The Labute approximate surface area is 203 Å². The molecule has 5 rings (SSSR count). The molecule has 3 atom stereocenters. The van der Waals surface area contributed by atoms with Crippen LogP contribution in [0.5, 0.6) is 0 Å². The molecule has 2 aromatic carbocycles. The molecule has 35 heavy (non-hydrogen) atoms. The molecule has 1 saturated heterocycles. The van der Waals surface area contributed by atoms with Gasteiger partial charge in [-0.05, 0) is 30.2 Å². The van der Waals surface area contributed by atoms with Crippen molar-refractivity contribution in [3.63, 3.8) is 0 Å². The van der Waals surface area contributed by atoms with Crippen molar-refractivity contribution in [1.29, 1.82) is 0 Å². The molecule has 0 spiro atoms. The lowest BCUT2D eigenvalue weighted by Gasteiger charge is -2.37. The molecule has 1 fully saturated rings. The van der Waals surface area contributed by atoms with E-state index in [-0.39, 0.29) is 18.4 Å². The molecule has 9 heteroatoms. The van der Waals surface area contributed by atoms with Gasteiger partial charge in [0.2, 0.25) is 11.7 Å². The number of benzene rings is 2. The summed E-state index contributed by atoms with van der Waals surface area (Å²) < 4.78 is 20.0. The van der Waals surface area contributed by atoms with Crippen molar-refractivity contribution >= 4 is 17.3 Å². The number of anilines is 2. The average Bonchev–Trinajstić information content (AvgIpc) is 3.39. The first-order valence-electron chi connectivity index (χ1n) is 11.5. The van der Waals surface area contributed by atoms with Crippen LogP contribution in [-0.2, 0) is 33.2 Å². The highest BCUT2D eigenvalue weighted by Gasteiger charge is 2.60. The minimum atomic E-state index is -1.85. The Hall–Kier alpha value is -3.50. The van der Waals surface area contributed by atoms with Crippen LogP contribution >= 0.6 is 0 Å². The minimum absolute atomic E-state index is 0.0105. The summed E-state index contributed by atoms with van der Waals surface area (Å²) in [5, 5.41) is 16.3. The number of ether oxygens (including phenoxy) is 3. The Morgan fingerprint density at radius 1 is 1.00 bits per heavy atom. The fourth-order valence-electron chi connectivity index (χ4n) is 4.55. The second-order valence-corrected chi connectivity index (χ2v) is 8.96. The number of aliphatic hydroxyl groups is 1. The summed E-state index contributed by atoms with van der Waals surface area (Å²) in [7, 11) is 0. The molecule has 2 aromatic heterocycles. The molecule has 9 nitrogen and oxygen atoms in total. The lowest BCUT2D eigenvalue weighted by molar-refractivity contribution is -0.288. The SMILES string of the molecule is C[C@@]1(OCc2ccccc2)C[C@@H](COCc2ccccc2)O[C@@]1(O)c1ccc2c(N)nc(N)nn12. The van der Waals surface area contributed by atoms with Gasteiger partial charge < -0.3 is 30.8 Å². The number of nitrogens with zero attached hydrogens (tertiary/aromatic N) is 3. The van der Waals surface area contributed by atoms with Crippen molar-refractivity contribution in [3.8, 4) is 0 Å². The molecule has 0 saturated carbocycles. The number of aromatic nitrogens is 3. The van der Waals surface area contributed by atoms with Gasteiger partial charge in [0, 0.05) is 6.42 Å². The van der Waals surface area contributed by atoms with Crippen LogP contribution < -0.4 is 11.5 Å². The minimum Gasteiger partial charge on any atom is -0.382 e. The summed E-state index contributed by atoms with van der Waals surface area (Å²) in [6, 6.07) is 23.1. The van der Waals surface area contributed by atoms with E-state index < -0.39 is 17.5 Å². The number of nitrogens with two attached hydrogens (primary N) is 2. The van der Waals surface area contributed by atoms with Gasteiger partial charge in [0.25, 0.3) is 0 Å². The highest BCUT2D eigenvalue weighted by Crippen LogP contribution is 2.48. The third kappa shape index (κ3) is 4.46. The molecular weight excluding hydrogens is 446 g/mol. The zero-order valence-electron chi connectivity index (χ0n) is 19.5. The number of fused-ring (bicyclic) bond motifs is 1. The first-order chi connectivity index (χ1) is 16.9. The van der Waals surface area contributed by atoms with Crippen molar-refractivity contribution in [3.05, 3.63) is 89.6 Å². The molecule has 0 unspecified atom stereocenters. The summed E-state index contributed by atoms with van der Waals surface area (Å²) in [4.78, 5) is 4.01. The summed E-state index contributed by atoms with van der Waals surface area (Å²) in [6.07, 6.45) is -0.0272. The summed E-state index contributed by atoms with van der Waals surface area (Å²) >= 11 is 0. The molecule has 4 aromatic rings. The molecular formula is C26H29N5O4. The van der Waals surface area contributed by atoms with E-state index >= 15 is 0 Å². The molecule has 0 bridgehead atoms. The van der Waals surface area contributed by atoms with Crippen LogP contribution in [0.3, 0.4) is 0 Å². The van der Waals surface area contributed by atoms with E-state index in [1.165, 1.54) is 4.52 Å². The van der Waals surface area contributed by atoms with Crippen molar-refractivity contribution in [2.75, 3.05) is 18.1 Å². The highest BCUT2D eigenvalue weighted by molar-refractivity contribution is 5.67. The van der Waals surface area contributed by atoms with Gasteiger partial charge in [-0.2, -0.15) is 4.98 Å². The van der Waals surface area contributed by atoms with Gasteiger partial charge >= 0.3 is 0 Å². The monoisotopic (exact) mass is 475 g/mol. The normalized spacial score (nSPS) is 24.2. The maximum absolute atomic E-state index is 12.0. The third-order valence-electron chi connectivity index (χ3n) is 6.39. The molecule has 182 valence electrons. The average molecular weight is 476 g/mol. The van der Waals surface area contributed by atoms with Gasteiger partial charge in [-0.15, -0.1) is 5.10 Å². The quantitative estimate of drug-likeness (QED) is 0.355. The lowest BCUT2D eigenvalue weighted by atomic mass is 9.90. The second-order valence-electron chi connectivity index (χ2n) is 8.96. The predicted molar refractivity (Wildman–Crippen MR) is 131 cm³/mol. The Morgan fingerprint density at radius 2 is 1.66 bits per heavy atom. The van der Waals surface area contributed by atoms with Crippen LogP contribution in [0.25, 0.3) is 5.52 Å². The smallest absolute Gasteiger partial charge is 0.240 e. The largest absolute Gasteiger partial charge is 0.382 e. The van der Waals surface area contributed by atoms with Crippen molar-refractivity contribution in [1.82, 2.24) is 14.6 Å². The molecule has 3 heterocycles. The summed E-state index contributed by atoms with van der Waals surface area (Å²) in [5.74, 6) is -1.65. The van der Waals surface area contributed by atoms with Crippen LogP contribution in [0, 0.1) is 0 Å². The van der Waals surface area contributed by atoms with Gasteiger partial charge in [-0.3, -0.25) is 0 Å². The van der Waals surface area contributed by atoms with Gasteiger partial charge in [-0.25, -0.2) is 4.52 Å². The topological polar surface area (TPSA) is 130 Å². The van der Waals surface area contributed by atoms with E-state index in [0.717, 1.165) is 11.1 Å². The van der Waals surface area contributed by atoms with E-state index in [0.29, 0.717) is 30.8 Å². The van der Waals surface area contributed by atoms with Crippen molar-refractivity contribution in [2.45, 2.75) is 44.1 Å². The Bertz CT molecular complexity index is 1300. The first kappa shape index (κ1) is 23.3. The Balaban J connectivity index is 1.43. The summed E-state index contributed by atoms with van der Waals surface area (Å²) in [5.41, 5.74) is 13.7. The zero-order valence-corrected chi connectivity index (χ0v) is 19.5. The maximum Gasteiger partial charge on any atom is 0.240 e. The van der Waals surface area contributed by atoms with E-state index in [4.69, 9.17) is 25.7 Å². The number of hydrogen-bond acceptors (Lipinski definition) is 8. The number of nitrogen functional groups attached to an aromatic ring is 2. The predicted octanol–water partition coefficient (Wildman–Crippen LogP) is 3.02. The molecule has 1 aliphatic rings. The third-order valence-corrected chi connectivity index (χ3v) is 6.39.